The lowest BCUT2D eigenvalue weighted by Crippen LogP contribution is -2.11. The van der Waals surface area contributed by atoms with Crippen LogP contribution in [0.2, 0.25) is 0 Å². The lowest BCUT2D eigenvalue weighted by molar-refractivity contribution is 0.497. The molecule has 2 aromatic rings. The van der Waals surface area contributed by atoms with Gasteiger partial charge in [-0.15, -0.1) is 0 Å². The minimum absolute atomic E-state index is 0.116. The smallest absolute Gasteiger partial charge is 0.165 e. The second kappa shape index (κ2) is 5.66. The summed E-state index contributed by atoms with van der Waals surface area (Å²) in [5, 5.41) is 11.8. The Kier molecular flexibility index (Phi) is 3.94. The van der Waals surface area contributed by atoms with Crippen molar-refractivity contribution in [3.63, 3.8) is 0 Å². The van der Waals surface area contributed by atoms with E-state index in [0.717, 1.165) is 6.07 Å². The van der Waals surface area contributed by atoms with E-state index in [0.29, 0.717) is 11.3 Å². The molecule has 102 valence electrons. The van der Waals surface area contributed by atoms with E-state index in [1.807, 2.05) is 6.07 Å². The number of nitrogens with zero attached hydrogens (tertiary/aromatic N) is 1. The van der Waals surface area contributed by atoms with Crippen molar-refractivity contribution in [2.24, 2.45) is 0 Å². The third kappa shape index (κ3) is 2.91. The highest BCUT2D eigenvalue weighted by Crippen LogP contribution is 2.24. The highest BCUT2D eigenvalue weighted by molar-refractivity contribution is 5.49. The predicted molar refractivity (Wildman–Crippen MR) is 69.5 cm³/mol. The highest BCUT2D eigenvalue weighted by Gasteiger charge is 2.18. The number of hydrogen-bond acceptors (Lipinski definition) is 2. The second-order valence-electron chi connectivity index (χ2n) is 4.37. The van der Waals surface area contributed by atoms with Gasteiger partial charge in [0.2, 0.25) is 0 Å². The molecule has 0 spiro atoms. The number of rotatable bonds is 3. The van der Waals surface area contributed by atoms with E-state index in [2.05, 4.69) is 5.32 Å². The summed E-state index contributed by atoms with van der Waals surface area (Å²) in [6, 6.07) is 8.46. The van der Waals surface area contributed by atoms with Crippen LogP contribution < -0.4 is 5.32 Å². The van der Waals surface area contributed by atoms with Crippen LogP contribution >= 0.6 is 0 Å². The topological polar surface area (TPSA) is 35.8 Å². The summed E-state index contributed by atoms with van der Waals surface area (Å²) in [6.45, 7) is 1.69. The Hall–Kier alpha value is -2.48. The maximum absolute atomic E-state index is 13.7. The molecule has 1 N–H and O–H groups in total. The van der Waals surface area contributed by atoms with Gasteiger partial charge in [0.25, 0.3) is 0 Å². The van der Waals surface area contributed by atoms with E-state index in [9.17, 15) is 13.2 Å². The molecule has 0 saturated carbocycles. The molecule has 0 radical (unpaired) electrons. The molecular formula is C15H11F3N2. The number of aryl methyl sites for hydroxylation is 1. The third-order valence-electron chi connectivity index (χ3n) is 2.77. The molecule has 20 heavy (non-hydrogen) atoms. The van der Waals surface area contributed by atoms with Crippen LogP contribution in [-0.4, -0.2) is 0 Å². The molecule has 0 aliphatic heterocycles. The van der Waals surface area contributed by atoms with Crippen LogP contribution in [0, 0.1) is 35.7 Å². The molecule has 0 saturated heterocycles. The maximum Gasteiger partial charge on any atom is 0.165 e. The Morgan fingerprint density at radius 2 is 1.90 bits per heavy atom. The van der Waals surface area contributed by atoms with E-state index in [4.69, 9.17) is 5.26 Å². The molecule has 2 aromatic carbocycles. The van der Waals surface area contributed by atoms with Gasteiger partial charge in [-0.05, 0) is 36.8 Å². The van der Waals surface area contributed by atoms with Crippen molar-refractivity contribution >= 4 is 5.69 Å². The lowest BCUT2D eigenvalue weighted by atomic mass is 10.1. The Labute approximate surface area is 114 Å². The second-order valence-corrected chi connectivity index (χ2v) is 4.37. The molecule has 0 aromatic heterocycles. The summed E-state index contributed by atoms with van der Waals surface area (Å²) in [5.74, 6) is -2.58. The monoisotopic (exact) mass is 276 g/mol. The number of hydrogen-bond donors (Lipinski definition) is 1. The lowest BCUT2D eigenvalue weighted by Gasteiger charge is -2.15. The van der Waals surface area contributed by atoms with Crippen molar-refractivity contribution in [1.29, 1.82) is 5.26 Å². The molecule has 1 atom stereocenters. The number of nitriles is 1. The van der Waals surface area contributed by atoms with Gasteiger partial charge in [-0.3, -0.25) is 0 Å². The fraction of sp³-hybridized carbons (Fsp3) is 0.133. The first-order chi connectivity index (χ1) is 9.51. The summed E-state index contributed by atoms with van der Waals surface area (Å²) in [6.07, 6.45) is 0. The number of benzene rings is 2. The van der Waals surface area contributed by atoms with Crippen LogP contribution in [0.25, 0.3) is 0 Å². The Morgan fingerprint density at radius 3 is 2.55 bits per heavy atom. The fourth-order valence-corrected chi connectivity index (χ4v) is 1.91. The molecule has 0 bridgehead atoms. The fourth-order valence-electron chi connectivity index (χ4n) is 1.91. The van der Waals surface area contributed by atoms with Crippen LogP contribution in [0.3, 0.4) is 0 Å². The van der Waals surface area contributed by atoms with Crippen molar-refractivity contribution in [1.82, 2.24) is 0 Å². The molecular weight excluding hydrogens is 265 g/mol. The van der Waals surface area contributed by atoms with E-state index in [1.54, 1.807) is 13.0 Å². The van der Waals surface area contributed by atoms with Crippen molar-refractivity contribution in [2.75, 3.05) is 5.32 Å². The van der Waals surface area contributed by atoms with Crippen LogP contribution in [0.5, 0.6) is 0 Å². The van der Waals surface area contributed by atoms with E-state index in [-0.39, 0.29) is 5.56 Å². The average molecular weight is 276 g/mol. The van der Waals surface area contributed by atoms with Crippen molar-refractivity contribution in [3.05, 3.63) is 65.0 Å². The average Bonchev–Trinajstić information content (AvgIpc) is 2.38. The zero-order valence-corrected chi connectivity index (χ0v) is 10.6. The first-order valence-corrected chi connectivity index (χ1v) is 5.88. The SMILES string of the molecule is Cc1cc(F)cc(NC(C#N)c2cccc(F)c2F)c1. The van der Waals surface area contributed by atoms with Crippen LogP contribution in [0.1, 0.15) is 17.2 Å². The first-order valence-electron chi connectivity index (χ1n) is 5.88. The molecule has 0 amide bonds. The molecule has 1 unspecified atom stereocenters. The number of halogens is 3. The summed E-state index contributed by atoms with van der Waals surface area (Å²) in [7, 11) is 0. The quantitative estimate of drug-likeness (QED) is 0.916. The minimum atomic E-state index is -1.10. The van der Waals surface area contributed by atoms with Crippen LogP contribution in [0.4, 0.5) is 18.9 Å². The molecule has 0 aliphatic carbocycles. The van der Waals surface area contributed by atoms with Gasteiger partial charge in [0.05, 0.1) is 6.07 Å². The van der Waals surface area contributed by atoms with Crippen molar-refractivity contribution < 1.29 is 13.2 Å². The zero-order valence-electron chi connectivity index (χ0n) is 10.6. The van der Waals surface area contributed by atoms with E-state index < -0.39 is 23.5 Å². The van der Waals surface area contributed by atoms with Gasteiger partial charge < -0.3 is 5.32 Å². The standard InChI is InChI=1S/C15H11F3N2/c1-9-5-10(16)7-11(6-9)20-14(8-19)12-3-2-4-13(17)15(12)18/h2-7,14,20H,1H3. The van der Waals surface area contributed by atoms with E-state index >= 15 is 0 Å². The van der Waals surface area contributed by atoms with Gasteiger partial charge >= 0.3 is 0 Å². The van der Waals surface area contributed by atoms with Gasteiger partial charge in [0.15, 0.2) is 11.6 Å². The molecule has 0 heterocycles. The molecule has 2 nitrogen and oxygen atoms in total. The van der Waals surface area contributed by atoms with Crippen LogP contribution in [0.15, 0.2) is 36.4 Å². The molecule has 0 aliphatic rings. The molecule has 0 fully saturated rings. The zero-order chi connectivity index (χ0) is 14.7. The number of anilines is 1. The normalized spacial score (nSPS) is 11.8. The Balaban J connectivity index is 2.34. The third-order valence-corrected chi connectivity index (χ3v) is 2.77. The molecule has 5 heteroatoms. The predicted octanol–water partition coefficient (Wildman–Crippen LogP) is 4.09. The summed E-state index contributed by atoms with van der Waals surface area (Å²) < 4.78 is 40.1. The van der Waals surface area contributed by atoms with Gasteiger partial charge in [-0.25, -0.2) is 13.2 Å². The highest BCUT2D eigenvalue weighted by atomic mass is 19.2. The van der Waals surface area contributed by atoms with Gasteiger partial charge in [0.1, 0.15) is 11.9 Å². The molecule has 2 rings (SSSR count). The van der Waals surface area contributed by atoms with Crippen molar-refractivity contribution in [2.45, 2.75) is 13.0 Å². The van der Waals surface area contributed by atoms with Gasteiger partial charge in [0, 0.05) is 11.3 Å². The Morgan fingerprint density at radius 1 is 1.15 bits per heavy atom. The van der Waals surface area contributed by atoms with Crippen LogP contribution in [-0.2, 0) is 0 Å². The van der Waals surface area contributed by atoms with Gasteiger partial charge in [-0.1, -0.05) is 12.1 Å². The summed E-state index contributed by atoms with van der Waals surface area (Å²) in [4.78, 5) is 0. The Bertz CT molecular complexity index is 657. The first kappa shape index (κ1) is 13.9. The largest absolute Gasteiger partial charge is 0.366 e. The van der Waals surface area contributed by atoms with Gasteiger partial charge in [-0.2, -0.15) is 5.26 Å². The summed E-state index contributed by atoms with van der Waals surface area (Å²) in [5.41, 5.74) is 0.871. The van der Waals surface area contributed by atoms with E-state index in [1.165, 1.54) is 24.3 Å². The maximum atomic E-state index is 13.7. The summed E-state index contributed by atoms with van der Waals surface area (Å²) >= 11 is 0. The minimum Gasteiger partial charge on any atom is -0.366 e. The van der Waals surface area contributed by atoms with Crippen molar-refractivity contribution in [3.8, 4) is 6.07 Å². The number of nitrogens with one attached hydrogen (secondary N) is 1.